The second kappa shape index (κ2) is 9.44. The Kier molecular flexibility index (Phi) is 6.43. The third-order valence-corrected chi connectivity index (χ3v) is 5.79. The fraction of sp³-hybridized carbons (Fsp3) is 0.154. The number of nitrogens with one attached hydrogen (secondary N) is 1. The van der Waals surface area contributed by atoms with E-state index in [9.17, 15) is 14.4 Å². The van der Waals surface area contributed by atoms with Crippen LogP contribution in [-0.2, 0) is 14.3 Å². The van der Waals surface area contributed by atoms with Crippen molar-refractivity contribution >= 4 is 46.9 Å². The zero-order chi connectivity index (χ0) is 24.4. The van der Waals surface area contributed by atoms with Gasteiger partial charge in [0.2, 0.25) is 0 Å². The molecule has 3 aromatic rings. The van der Waals surface area contributed by atoms with Crippen LogP contribution in [0.15, 0.2) is 66.2 Å². The van der Waals surface area contributed by atoms with E-state index in [1.165, 1.54) is 4.90 Å². The number of nitrogens with zero attached hydrogens (tertiary/aromatic N) is 2. The molecular formula is C26H23N3O4S. The molecule has 1 aliphatic heterocycles. The summed E-state index contributed by atoms with van der Waals surface area (Å²) in [6, 6.07) is 17.9. The molecule has 2 heterocycles. The van der Waals surface area contributed by atoms with Gasteiger partial charge >= 0.3 is 5.97 Å². The van der Waals surface area contributed by atoms with Crippen LogP contribution in [0, 0.1) is 13.8 Å². The molecule has 0 bridgehead atoms. The molecule has 2 aromatic carbocycles. The molecule has 1 aliphatic rings. The number of aryl methyl sites for hydroxylation is 1. The van der Waals surface area contributed by atoms with Gasteiger partial charge in [-0.25, -0.2) is 4.79 Å². The second-order valence-corrected chi connectivity index (χ2v) is 8.11. The van der Waals surface area contributed by atoms with E-state index in [-0.39, 0.29) is 10.7 Å². The molecular weight excluding hydrogens is 450 g/mol. The molecule has 172 valence electrons. The average molecular weight is 474 g/mol. The third-order valence-electron chi connectivity index (χ3n) is 5.50. The molecule has 0 unspecified atom stereocenters. The summed E-state index contributed by atoms with van der Waals surface area (Å²) in [5, 5.41) is 2.65. The lowest BCUT2D eigenvalue weighted by molar-refractivity contribution is -0.122. The van der Waals surface area contributed by atoms with Crippen LogP contribution in [-0.4, -0.2) is 34.1 Å². The summed E-state index contributed by atoms with van der Waals surface area (Å²) in [6.07, 6.45) is 1.57. The van der Waals surface area contributed by atoms with E-state index in [0.717, 1.165) is 17.1 Å². The summed E-state index contributed by atoms with van der Waals surface area (Å²) in [4.78, 5) is 39.4. The van der Waals surface area contributed by atoms with Gasteiger partial charge in [0.05, 0.1) is 17.9 Å². The Labute approximate surface area is 202 Å². The maximum absolute atomic E-state index is 13.3. The Morgan fingerprint density at radius 2 is 1.74 bits per heavy atom. The van der Waals surface area contributed by atoms with Gasteiger partial charge in [-0.1, -0.05) is 24.3 Å². The highest BCUT2D eigenvalue weighted by atomic mass is 32.1. The lowest BCUT2D eigenvalue weighted by Crippen LogP contribution is -2.54. The van der Waals surface area contributed by atoms with Crippen molar-refractivity contribution in [2.45, 2.75) is 20.8 Å². The number of hydrogen-bond acceptors (Lipinski definition) is 5. The lowest BCUT2D eigenvalue weighted by atomic mass is 10.1. The highest BCUT2D eigenvalue weighted by molar-refractivity contribution is 7.80. The van der Waals surface area contributed by atoms with Gasteiger partial charge in [-0.15, -0.1) is 0 Å². The largest absolute Gasteiger partial charge is 0.462 e. The Morgan fingerprint density at radius 3 is 2.44 bits per heavy atom. The lowest BCUT2D eigenvalue weighted by Gasteiger charge is -2.28. The first kappa shape index (κ1) is 23.1. The van der Waals surface area contributed by atoms with Crippen LogP contribution in [0.4, 0.5) is 5.69 Å². The number of carbonyl (C=O) groups excluding carboxylic acids is 3. The number of carbonyl (C=O) groups is 3. The Bertz CT molecular complexity index is 1340. The number of aromatic nitrogens is 1. The molecule has 0 radical (unpaired) electrons. The number of amides is 2. The summed E-state index contributed by atoms with van der Waals surface area (Å²) < 4.78 is 7.07. The van der Waals surface area contributed by atoms with Crippen molar-refractivity contribution in [2.24, 2.45) is 0 Å². The van der Waals surface area contributed by atoms with Crippen LogP contribution in [0.25, 0.3) is 11.8 Å². The van der Waals surface area contributed by atoms with E-state index in [0.29, 0.717) is 23.4 Å². The Balaban J connectivity index is 1.73. The van der Waals surface area contributed by atoms with E-state index in [2.05, 4.69) is 5.32 Å². The zero-order valence-electron chi connectivity index (χ0n) is 19.0. The maximum Gasteiger partial charge on any atom is 0.338 e. The van der Waals surface area contributed by atoms with Crippen LogP contribution >= 0.6 is 12.2 Å². The topological polar surface area (TPSA) is 80.6 Å². The molecule has 4 rings (SSSR count). The second-order valence-electron chi connectivity index (χ2n) is 7.73. The van der Waals surface area contributed by atoms with Gasteiger partial charge in [0.1, 0.15) is 5.57 Å². The van der Waals surface area contributed by atoms with Crippen LogP contribution in [0.3, 0.4) is 0 Å². The molecule has 1 saturated heterocycles. The first-order valence-electron chi connectivity index (χ1n) is 10.7. The monoisotopic (exact) mass is 473 g/mol. The SMILES string of the molecule is CCOC(=O)c1cccc(-n2c(C)cc(/C=C3\C(=O)NC(=S)N(c4ccccc4)C3=O)c2C)c1. The van der Waals surface area contributed by atoms with Crippen LogP contribution in [0.1, 0.15) is 34.2 Å². The molecule has 2 amide bonds. The van der Waals surface area contributed by atoms with Crippen LogP contribution < -0.4 is 10.2 Å². The van der Waals surface area contributed by atoms with Crippen molar-refractivity contribution < 1.29 is 19.1 Å². The summed E-state index contributed by atoms with van der Waals surface area (Å²) in [5.74, 6) is -1.43. The van der Waals surface area contributed by atoms with Gasteiger partial charge in [-0.3, -0.25) is 19.8 Å². The normalized spacial score (nSPS) is 15.0. The molecule has 1 N–H and O–H groups in total. The van der Waals surface area contributed by atoms with E-state index in [1.54, 1.807) is 55.5 Å². The van der Waals surface area contributed by atoms with Crippen molar-refractivity contribution in [3.05, 3.63) is 88.8 Å². The van der Waals surface area contributed by atoms with Crippen molar-refractivity contribution in [2.75, 3.05) is 11.5 Å². The molecule has 8 heteroatoms. The molecule has 0 spiro atoms. The maximum atomic E-state index is 13.3. The Morgan fingerprint density at radius 1 is 1.03 bits per heavy atom. The highest BCUT2D eigenvalue weighted by Gasteiger charge is 2.34. The van der Waals surface area contributed by atoms with Gasteiger partial charge in [0.25, 0.3) is 11.8 Å². The predicted octanol–water partition coefficient (Wildman–Crippen LogP) is 4.10. The van der Waals surface area contributed by atoms with Crippen molar-refractivity contribution in [1.82, 2.24) is 9.88 Å². The fourth-order valence-electron chi connectivity index (χ4n) is 3.94. The van der Waals surface area contributed by atoms with Crippen LogP contribution in [0.5, 0.6) is 0 Å². The van der Waals surface area contributed by atoms with E-state index >= 15 is 0 Å². The van der Waals surface area contributed by atoms with Crippen molar-refractivity contribution in [3.8, 4) is 5.69 Å². The summed E-state index contributed by atoms with van der Waals surface area (Å²) >= 11 is 5.25. The first-order valence-corrected chi connectivity index (χ1v) is 11.2. The number of ether oxygens (including phenoxy) is 1. The van der Waals surface area contributed by atoms with Gasteiger partial charge in [-0.05, 0) is 81.0 Å². The minimum Gasteiger partial charge on any atom is -0.462 e. The minimum atomic E-state index is -0.545. The Hall–Kier alpha value is -4.04. The quantitative estimate of drug-likeness (QED) is 0.261. The van der Waals surface area contributed by atoms with Gasteiger partial charge in [0.15, 0.2) is 5.11 Å². The minimum absolute atomic E-state index is 0.0158. The predicted molar refractivity (Wildman–Crippen MR) is 134 cm³/mol. The molecule has 1 fully saturated rings. The average Bonchev–Trinajstić information content (AvgIpc) is 3.10. The van der Waals surface area contributed by atoms with Gasteiger partial charge in [0, 0.05) is 17.1 Å². The molecule has 0 saturated carbocycles. The molecule has 1 aromatic heterocycles. The highest BCUT2D eigenvalue weighted by Crippen LogP contribution is 2.26. The van der Waals surface area contributed by atoms with Crippen molar-refractivity contribution in [1.29, 1.82) is 0 Å². The van der Waals surface area contributed by atoms with Gasteiger partial charge < -0.3 is 9.30 Å². The van der Waals surface area contributed by atoms with E-state index < -0.39 is 17.8 Å². The molecule has 0 aliphatic carbocycles. The number of benzene rings is 2. The molecule has 34 heavy (non-hydrogen) atoms. The smallest absolute Gasteiger partial charge is 0.338 e. The number of thiocarbonyl (C=S) groups is 1. The molecule has 7 nitrogen and oxygen atoms in total. The number of rotatable bonds is 5. The van der Waals surface area contributed by atoms with Crippen molar-refractivity contribution in [3.63, 3.8) is 0 Å². The number of para-hydroxylation sites is 1. The van der Waals surface area contributed by atoms with Crippen LogP contribution in [0.2, 0.25) is 0 Å². The van der Waals surface area contributed by atoms with E-state index in [1.807, 2.05) is 36.6 Å². The fourth-order valence-corrected chi connectivity index (χ4v) is 4.22. The standard InChI is InChI=1S/C26H23N3O4S/c1-4-33-25(32)18-9-8-12-21(14-18)28-16(2)13-19(17(28)3)15-22-23(30)27-26(34)29(24(22)31)20-10-6-5-7-11-20/h5-15H,4H2,1-3H3,(H,27,30,34)/b22-15+. The zero-order valence-corrected chi connectivity index (χ0v) is 19.8. The number of anilines is 1. The third kappa shape index (κ3) is 4.27. The summed E-state index contributed by atoms with van der Waals surface area (Å²) in [6.45, 7) is 5.86. The first-order chi connectivity index (χ1) is 16.3. The van der Waals surface area contributed by atoms with E-state index in [4.69, 9.17) is 17.0 Å². The number of hydrogen-bond donors (Lipinski definition) is 1. The summed E-state index contributed by atoms with van der Waals surface area (Å²) in [7, 11) is 0. The summed E-state index contributed by atoms with van der Waals surface area (Å²) in [5.41, 5.74) is 4.17. The number of esters is 1. The van der Waals surface area contributed by atoms with Gasteiger partial charge in [-0.2, -0.15) is 0 Å². The molecule has 0 atom stereocenters.